The Bertz CT molecular complexity index is 842. The van der Waals surface area contributed by atoms with E-state index < -0.39 is 0 Å². The first-order valence-electron chi connectivity index (χ1n) is 7.64. The van der Waals surface area contributed by atoms with Gasteiger partial charge in [0.2, 0.25) is 0 Å². The molecule has 7 heteroatoms. The van der Waals surface area contributed by atoms with Crippen LogP contribution in [0.2, 0.25) is 0 Å². The summed E-state index contributed by atoms with van der Waals surface area (Å²) in [6, 6.07) is 9.38. The van der Waals surface area contributed by atoms with E-state index >= 15 is 0 Å². The number of nitrogens with one attached hydrogen (secondary N) is 2. The van der Waals surface area contributed by atoms with Gasteiger partial charge >= 0.3 is 6.03 Å². The predicted molar refractivity (Wildman–Crippen MR) is 91.4 cm³/mol. The number of ether oxygens (including phenoxy) is 1. The number of aryl methyl sites for hydroxylation is 1. The van der Waals surface area contributed by atoms with Gasteiger partial charge in [-0.3, -0.25) is 0 Å². The summed E-state index contributed by atoms with van der Waals surface area (Å²) in [5.74, 6) is 0.821. The van der Waals surface area contributed by atoms with E-state index in [0.717, 1.165) is 29.1 Å². The molecular weight excluding hydrogens is 306 g/mol. The summed E-state index contributed by atoms with van der Waals surface area (Å²) in [7, 11) is 1.64. The summed E-state index contributed by atoms with van der Waals surface area (Å²) in [4.78, 5) is 16.2. The first-order valence-corrected chi connectivity index (χ1v) is 7.64. The fourth-order valence-electron chi connectivity index (χ4n) is 2.35. The molecule has 0 aliphatic rings. The zero-order valence-corrected chi connectivity index (χ0v) is 13.6. The van der Waals surface area contributed by atoms with Gasteiger partial charge in [0.1, 0.15) is 5.75 Å². The normalized spacial score (nSPS) is 10.6. The second kappa shape index (κ2) is 6.99. The molecular formula is C17H19N5O2. The number of fused-ring (bicyclic) bond motifs is 1. The molecule has 0 aliphatic carbocycles. The number of anilines is 1. The minimum absolute atomic E-state index is 0.270. The van der Waals surface area contributed by atoms with Crippen LogP contribution in [0.4, 0.5) is 10.5 Å². The minimum atomic E-state index is -0.270. The molecule has 2 heterocycles. The van der Waals surface area contributed by atoms with E-state index in [2.05, 4.69) is 20.7 Å². The number of carbonyl (C=O) groups is 1. The molecule has 0 spiro atoms. The van der Waals surface area contributed by atoms with Gasteiger partial charge in [0.05, 0.1) is 30.9 Å². The fourth-order valence-corrected chi connectivity index (χ4v) is 2.35. The van der Waals surface area contributed by atoms with Gasteiger partial charge in [-0.2, -0.15) is 5.10 Å². The lowest BCUT2D eigenvalue weighted by atomic mass is 10.1. The van der Waals surface area contributed by atoms with Crippen LogP contribution in [0.5, 0.6) is 5.75 Å². The third-order valence-electron chi connectivity index (χ3n) is 3.55. The van der Waals surface area contributed by atoms with E-state index in [1.807, 2.05) is 37.3 Å². The fraction of sp³-hybridized carbons (Fsp3) is 0.235. The Morgan fingerprint density at radius 2 is 2.08 bits per heavy atom. The Kier molecular flexibility index (Phi) is 4.60. The van der Waals surface area contributed by atoms with Crippen LogP contribution in [-0.4, -0.2) is 34.3 Å². The number of urea groups is 1. The van der Waals surface area contributed by atoms with Crippen LogP contribution in [-0.2, 0) is 6.42 Å². The standard InChI is InChI=1S/C17H19N5O2/c1-12-9-16-19-10-14(11-22(16)21-12)20-17(23)18-8-7-13-3-5-15(24-2)6-4-13/h3-6,9-11H,7-8H2,1-2H3,(H2,18,20,23). The second-order valence-corrected chi connectivity index (χ2v) is 5.41. The lowest BCUT2D eigenvalue weighted by Gasteiger charge is -2.08. The van der Waals surface area contributed by atoms with E-state index in [9.17, 15) is 4.79 Å². The van der Waals surface area contributed by atoms with Crippen molar-refractivity contribution in [1.29, 1.82) is 0 Å². The molecule has 24 heavy (non-hydrogen) atoms. The highest BCUT2D eigenvalue weighted by atomic mass is 16.5. The maximum atomic E-state index is 11.9. The molecule has 0 bridgehead atoms. The molecule has 0 radical (unpaired) electrons. The average molecular weight is 325 g/mol. The highest BCUT2D eigenvalue weighted by Crippen LogP contribution is 2.11. The highest BCUT2D eigenvalue weighted by molar-refractivity contribution is 5.88. The number of methoxy groups -OCH3 is 1. The molecule has 124 valence electrons. The molecule has 0 fully saturated rings. The largest absolute Gasteiger partial charge is 0.497 e. The molecule has 0 saturated carbocycles. The first-order chi connectivity index (χ1) is 11.6. The van der Waals surface area contributed by atoms with E-state index in [0.29, 0.717) is 12.2 Å². The van der Waals surface area contributed by atoms with E-state index in [1.54, 1.807) is 24.0 Å². The number of hydrogen-bond donors (Lipinski definition) is 2. The van der Waals surface area contributed by atoms with Crippen LogP contribution in [0.1, 0.15) is 11.3 Å². The van der Waals surface area contributed by atoms with Crippen molar-refractivity contribution in [3.63, 3.8) is 0 Å². The number of amides is 2. The molecule has 7 nitrogen and oxygen atoms in total. The lowest BCUT2D eigenvalue weighted by molar-refractivity contribution is 0.252. The smallest absolute Gasteiger partial charge is 0.319 e. The molecule has 1 aromatic carbocycles. The molecule has 3 aromatic rings. The highest BCUT2D eigenvalue weighted by Gasteiger charge is 2.05. The average Bonchev–Trinajstić information content (AvgIpc) is 2.95. The van der Waals surface area contributed by atoms with Crippen LogP contribution < -0.4 is 15.4 Å². The summed E-state index contributed by atoms with van der Waals surface area (Å²) in [5.41, 5.74) is 3.35. The van der Waals surface area contributed by atoms with Gasteiger partial charge in [-0.25, -0.2) is 14.3 Å². The summed E-state index contributed by atoms with van der Waals surface area (Å²) in [5, 5.41) is 9.85. The summed E-state index contributed by atoms with van der Waals surface area (Å²) < 4.78 is 6.76. The molecule has 2 N–H and O–H groups in total. The van der Waals surface area contributed by atoms with E-state index in [1.165, 1.54) is 0 Å². The van der Waals surface area contributed by atoms with Crippen LogP contribution in [0.25, 0.3) is 5.65 Å². The lowest BCUT2D eigenvalue weighted by Crippen LogP contribution is -2.30. The van der Waals surface area contributed by atoms with Gasteiger partial charge < -0.3 is 15.4 Å². The molecule has 2 aromatic heterocycles. The van der Waals surface area contributed by atoms with Gasteiger partial charge in [-0.15, -0.1) is 0 Å². The monoisotopic (exact) mass is 325 g/mol. The molecule has 0 unspecified atom stereocenters. The van der Waals surface area contributed by atoms with Gasteiger partial charge in [0.15, 0.2) is 5.65 Å². The van der Waals surface area contributed by atoms with Gasteiger partial charge in [0.25, 0.3) is 0 Å². The number of hydrogen-bond acceptors (Lipinski definition) is 4. The molecule has 3 rings (SSSR count). The van der Waals surface area contributed by atoms with Crippen molar-refractivity contribution in [2.24, 2.45) is 0 Å². The van der Waals surface area contributed by atoms with Crippen molar-refractivity contribution in [2.45, 2.75) is 13.3 Å². The van der Waals surface area contributed by atoms with Crippen molar-refractivity contribution in [3.8, 4) is 5.75 Å². The zero-order chi connectivity index (χ0) is 16.9. The van der Waals surface area contributed by atoms with E-state index in [-0.39, 0.29) is 6.03 Å². The number of benzene rings is 1. The van der Waals surface area contributed by atoms with Crippen molar-refractivity contribution >= 4 is 17.4 Å². The van der Waals surface area contributed by atoms with Crippen LogP contribution >= 0.6 is 0 Å². The Morgan fingerprint density at radius 3 is 2.83 bits per heavy atom. The zero-order valence-electron chi connectivity index (χ0n) is 13.6. The van der Waals surface area contributed by atoms with Gasteiger partial charge in [-0.1, -0.05) is 12.1 Å². The molecule has 0 saturated heterocycles. The van der Waals surface area contributed by atoms with Gasteiger partial charge in [0, 0.05) is 12.6 Å². The SMILES string of the molecule is COc1ccc(CCNC(=O)Nc2cnc3cc(C)nn3c2)cc1. The summed E-state index contributed by atoms with van der Waals surface area (Å²) >= 11 is 0. The van der Waals surface area contributed by atoms with Crippen LogP contribution in [0.15, 0.2) is 42.7 Å². The van der Waals surface area contributed by atoms with Gasteiger partial charge in [-0.05, 0) is 31.0 Å². The Labute approximate surface area is 139 Å². The molecule has 0 atom stereocenters. The third-order valence-corrected chi connectivity index (χ3v) is 3.55. The molecule has 0 aliphatic heterocycles. The van der Waals surface area contributed by atoms with Crippen molar-refractivity contribution in [2.75, 3.05) is 19.0 Å². The van der Waals surface area contributed by atoms with Crippen molar-refractivity contribution in [1.82, 2.24) is 19.9 Å². The summed E-state index contributed by atoms with van der Waals surface area (Å²) in [6.45, 7) is 2.43. The first kappa shape index (κ1) is 15.8. The maximum absolute atomic E-state index is 11.9. The molecule has 2 amide bonds. The van der Waals surface area contributed by atoms with E-state index in [4.69, 9.17) is 4.74 Å². The Morgan fingerprint density at radius 1 is 1.29 bits per heavy atom. The number of aromatic nitrogens is 3. The Hall–Kier alpha value is -3.09. The maximum Gasteiger partial charge on any atom is 0.319 e. The Balaban J connectivity index is 1.50. The van der Waals surface area contributed by atoms with Crippen molar-refractivity contribution < 1.29 is 9.53 Å². The predicted octanol–water partition coefficient (Wildman–Crippen LogP) is 2.41. The number of nitrogens with zero attached hydrogens (tertiary/aromatic N) is 3. The number of rotatable bonds is 5. The van der Waals surface area contributed by atoms with Crippen LogP contribution in [0, 0.1) is 6.92 Å². The third kappa shape index (κ3) is 3.81. The summed E-state index contributed by atoms with van der Waals surface area (Å²) in [6.07, 6.45) is 4.09. The van der Waals surface area contributed by atoms with Crippen molar-refractivity contribution in [3.05, 3.63) is 54.0 Å². The second-order valence-electron chi connectivity index (χ2n) is 5.41. The quantitative estimate of drug-likeness (QED) is 0.755. The van der Waals surface area contributed by atoms with Crippen LogP contribution in [0.3, 0.4) is 0 Å². The number of carbonyl (C=O) groups excluding carboxylic acids is 1. The topological polar surface area (TPSA) is 80.5 Å². The minimum Gasteiger partial charge on any atom is -0.497 e.